The van der Waals surface area contributed by atoms with Crippen LogP contribution in [-0.4, -0.2) is 67.6 Å². The van der Waals surface area contributed by atoms with Crippen LogP contribution >= 0.6 is 0 Å². The molecule has 2 heterocycles. The van der Waals surface area contributed by atoms with Crippen molar-refractivity contribution in [2.75, 3.05) is 13.1 Å². The SMILES string of the molecule is C[C@H](CC1CCCCC1)C(=O)N1C[C@@H](n2nncc2C(C)(C)O)C[C@H]1C(=O)NCC(=O)C(N)=O. The van der Waals surface area contributed by atoms with Gasteiger partial charge < -0.3 is 21.1 Å². The van der Waals surface area contributed by atoms with E-state index in [2.05, 4.69) is 15.6 Å². The molecule has 1 aromatic rings. The van der Waals surface area contributed by atoms with Crippen molar-refractivity contribution in [3.63, 3.8) is 0 Å². The Morgan fingerprint density at radius 3 is 2.53 bits per heavy atom. The van der Waals surface area contributed by atoms with Gasteiger partial charge in [-0.15, -0.1) is 5.10 Å². The second-order valence-electron chi connectivity index (χ2n) is 10.2. The first-order valence-corrected chi connectivity index (χ1v) is 12.0. The molecular formula is C23H36N6O5. The molecule has 0 bridgehead atoms. The summed E-state index contributed by atoms with van der Waals surface area (Å²) in [6.45, 7) is 4.83. The van der Waals surface area contributed by atoms with Crippen LogP contribution in [0.1, 0.15) is 77.5 Å². The van der Waals surface area contributed by atoms with Crippen LogP contribution in [-0.2, 0) is 24.8 Å². The third kappa shape index (κ3) is 5.99. The lowest BCUT2D eigenvalue weighted by Crippen LogP contribution is -2.49. The van der Waals surface area contributed by atoms with E-state index in [9.17, 15) is 24.3 Å². The van der Waals surface area contributed by atoms with Gasteiger partial charge in [-0.2, -0.15) is 0 Å². The fourth-order valence-electron chi connectivity index (χ4n) is 5.11. The van der Waals surface area contributed by atoms with Crippen molar-refractivity contribution >= 4 is 23.5 Å². The third-order valence-electron chi connectivity index (χ3n) is 6.94. The molecule has 0 radical (unpaired) electrons. The third-order valence-corrected chi connectivity index (χ3v) is 6.94. The maximum Gasteiger partial charge on any atom is 0.286 e. The highest BCUT2D eigenvalue weighted by molar-refractivity contribution is 6.36. The van der Waals surface area contributed by atoms with Gasteiger partial charge in [0.15, 0.2) is 0 Å². The van der Waals surface area contributed by atoms with Crippen LogP contribution in [0.15, 0.2) is 6.20 Å². The lowest BCUT2D eigenvalue weighted by Gasteiger charge is -2.29. The summed E-state index contributed by atoms with van der Waals surface area (Å²) in [5.74, 6) is -2.44. The number of ketones is 1. The topological polar surface area (TPSA) is 161 Å². The van der Waals surface area contributed by atoms with Crippen LogP contribution in [0, 0.1) is 11.8 Å². The Morgan fingerprint density at radius 2 is 1.91 bits per heavy atom. The maximum absolute atomic E-state index is 13.5. The van der Waals surface area contributed by atoms with E-state index in [1.807, 2.05) is 6.92 Å². The normalized spacial score (nSPS) is 22.4. The Morgan fingerprint density at radius 1 is 1.24 bits per heavy atom. The number of amides is 3. The minimum Gasteiger partial charge on any atom is -0.384 e. The number of rotatable bonds is 9. The highest BCUT2D eigenvalue weighted by Gasteiger charge is 2.43. The summed E-state index contributed by atoms with van der Waals surface area (Å²) in [5.41, 5.74) is 4.25. The monoisotopic (exact) mass is 476 g/mol. The van der Waals surface area contributed by atoms with E-state index in [1.54, 1.807) is 18.5 Å². The van der Waals surface area contributed by atoms with Crippen LogP contribution in [0.2, 0.25) is 0 Å². The van der Waals surface area contributed by atoms with Crippen molar-refractivity contribution < 1.29 is 24.3 Å². The number of nitrogens with zero attached hydrogens (tertiary/aromatic N) is 4. The van der Waals surface area contributed by atoms with E-state index < -0.39 is 35.8 Å². The average Bonchev–Trinajstić information content (AvgIpc) is 3.44. The molecule has 1 aliphatic carbocycles. The van der Waals surface area contributed by atoms with Crippen LogP contribution in [0.5, 0.6) is 0 Å². The molecule has 11 nitrogen and oxygen atoms in total. The standard InChI is InChI=1S/C23H36N6O5/c1-14(9-15-7-5-4-6-8-15)22(33)28-13-16(29-19(12-26-27-29)23(2,3)34)10-17(28)21(32)25-11-18(30)20(24)31/h12,14-17,34H,4-11,13H2,1-3H3,(H2,24,31)(H,25,32)/t14-,16+,17+/m1/s1. The number of carbonyl (C=O) groups excluding carboxylic acids is 4. The fourth-order valence-corrected chi connectivity index (χ4v) is 5.11. The molecule has 3 atom stereocenters. The van der Waals surface area contributed by atoms with Gasteiger partial charge in [0.2, 0.25) is 17.6 Å². The zero-order valence-corrected chi connectivity index (χ0v) is 20.2. The molecule has 34 heavy (non-hydrogen) atoms. The second-order valence-corrected chi connectivity index (χ2v) is 10.2. The minimum absolute atomic E-state index is 0.126. The lowest BCUT2D eigenvalue weighted by molar-refractivity contribution is -0.142. The highest BCUT2D eigenvalue weighted by Crippen LogP contribution is 2.34. The van der Waals surface area contributed by atoms with Crippen LogP contribution in [0.3, 0.4) is 0 Å². The summed E-state index contributed by atoms with van der Waals surface area (Å²) >= 11 is 0. The van der Waals surface area contributed by atoms with Crippen LogP contribution in [0.25, 0.3) is 0 Å². The highest BCUT2D eigenvalue weighted by atomic mass is 16.3. The molecule has 2 fully saturated rings. The molecule has 4 N–H and O–H groups in total. The van der Waals surface area contributed by atoms with Crippen molar-refractivity contribution in [1.29, 1.82) is 0 Å². The summed E-state index contributed by atoms with van der Waals surface area (Å²) in [7, 11) is 0. The van der Waals surface area contributed by atoms with E-state index >= 15 is 0 Å². The van der Waals surface area contributed by atoms with Crippen LogP contribution in [0.4, 0.5) is 0 Å². The van der Waals surface area contributed by atoms with Gasteiger partial charge in [0, 0.05) is 18.9 Å². The maximum atomic E-state index is 13.5. The van der Waals surface area contributed by atoms with Crippen molar-refractivity contribution in [2.24, 2.45) is 17.6 Å². The lowest BCUT2D eigenvalue weighted by atomic mass is 9.83. The van der Waals surface area contributed by atoms with Gasteiger partial charge in [-0.25, -0.2) is 4.68 Å². The zero-order valence-electron chi connectivity index (χ0n) is 20.2. The number of primary amides is 1. The first-order valence-electron chi connectivity index (χ1n) is 12.0. The van der Waals surface area contributed by atoms with E-state index in [4.69, 9.17) is 5.73 Å². The van der Waals surface area contributed by atoms with Gasteiger partial charge in [-0.3, -0.25) is 19.2 Å². The molecule has 1 saturated carbocycles. The Hall–Kier alpha value is -2.82. The Kier molecular flexibility index (Phi) is 8.06. The summed E-state index contributed by atoms with van der Waals surface area (Å²) in [4.78, 5) is 50.7. The number of hydrogen-bond donors (Lipinski definition) is 3. The molecule has 2 aliphatic rings. The van der Waals surface area contributed by atoms with Crippen molar-refractivity contribution in [3.05, 3.63) is 11.9 Å². The number of likely N-dealkylation sites (tertiary alicyclic amines) is 1. The molecule has 0 spiro atoms. The van der Waals surface area contributed by atoms with Gasteiger partial charge in [-0.05, 0) is 26.2 Å². The van der Waals surface area contributed by atoms with Gasteiger partial charge in [-0.1, -0.05) is 44.2 Å². The zero-order chi connectivity index (χ0) is 25.0. The molecule has 1 aliphatic heterocycles. The summed E-state index contributed by atoms with van der Waals surface area (Å²) in [5, 5.41) is 21.0. The smallest absolute Gasteiger partial charge is 0.286 e. The number of nitrogens with one attached hydrogen (secondary N) is 1. The van der Waals surface area contributed by atoms with E-state index in [1.165, 1.54) is 30.4 Å². The summed E-state index contributed by atoms with van der Waals surface area (Å²) in [6.07, 6.45) is 8.32. The van der Waals surface area contributed by atoms with Crippen molar-refractivity contribution in [1.82, 2.24) is 25.2 Å². The number of hydrogen-bond acceptors (Lipinski definition) is 7. The van der Waals surface area contributed by atoms with E-state index in [0.29, 0.717) is 11.6 Å². The largest absolute Gasteiger partial charge is 0.384 e. The molecule has 1 aromatic heterocycles. The molecule has 1 saturated heterocycles. The summed E-state index contributed by atoms with van der Waals surface area (Å²) < 4.78 is 1.56. The quantitative estimate of drug-likeness (QED) is 0.435. The second kappa shape index (κ2) is 10.6. The number of aliphatic hydroxyl groups is 1. The average molecular weight is 477 g/mol. The number of carbonyl (C=O) groups is 4. The van der Waals surface area contributed by atoms with Gasteiger partial charge >= 0.3 is 0 Å². The Bertz CT molecular complexity index is 917. The fraction of sp³-hybridized carbons (Fsp3) is 0.739. The Balaban J connectivity index is 1.79. The van der Waals surface area contributed by atoms with Crippen molar-refractivity contribution in [3.8, 4) is 0 Å². The number of nitrogens with two attached hydrogens (primary N) is 1. The van der Waals surface area contributed by atoms with Crippen molar-refractivity contribution in [2.45, 2.75) is 83.4 Å². The van der Waals surface area contributed by atoms with Gasteiger partial charge in [0.05, 0.1) is 24.5 Å². The minimum atomic E-state index is -1.21. The first-order chi connectivity index (χ1) is 16.0. The number of aromatic nitrogens is 3. The number of Topliss-reactive ketones (excluding diaryl/α,β-unsaturated/α-hetero) is 1. The molecule has 3 amide bonds. The molecule has 11 heteroatoms. The van der Waals surface area contributed by atoms with Gasteiger partial charge in [0.1, 0.15) is 11.6 Å². The Labute approximate surface area is 199 Å². The molecule has 0 unspecified atom stereocenters. The van der Waals surface area contributed by atoms with Gasteiger partial charge in [0.25, 0.3) is 5.91 Å². The molecule has 0 aromatic carbocycles. The molecule has 188 valence electrons. The van der Waals surface area contributed by atoms with E-state index in [0.717, 1.165) is 19.3 Å². The summed E-state index contributed by atoms with van der Waals surface area (Å²) in [6, 6.07) is -1.22. The first kappa shape index (κ1) is 25.8. The van der Waals surface area contributed by atoms with E-state index in [-0.39, 0.29) is 30.8 Å². The molecular weight excluding hydrogens is 440 g/mol. The van der Waals surface area contributed by atoms with Crippen LogP contribution < -0.4 is 11.1 Å². The predicted octanol–water partition coefficient (Wildman–Crippen LogP) is 0.425. The predicted molar refractivity (Wildman–Crippen MR) is 122 cm³/mol. The molecule has 3 rings (SSSR count).